The molecule has 0 aliphatic heterocycles. The smallest absolute Gasteiger partial charge is 0.278 e. The molecule has 0 saturated heterocycles. The van der Waals surface area contributed by atoms with Gasteiger partial charge in [0.25, 0.3) is 5.69 Å². The van der Waals surface area contributed by atoms with Gasteiger partial charge in [0.1, 0.15) is 5.84 Å². The number of alkyl halides is 1. The molecule has 0 amide bonds. The second-order valence-electron chi connectivity index (χ2n) is 7.32. The van der Waals surface area contributed by atoms with Gasteiger partial charge >= 0.3 is 0 Å². The number of nitro benzene ring substituents is 1. The Kier molecular flexibility index (Phi) is 4.54. The van der Waals surface area contributed by atoms with Crippen LogP contribution >= 0.6 is 27.5 Å². The van der Waals surface area contributed by atoms with E-state index in [1.54, 1.807) is 6.92 Å². The van der Waals surface area contributed by atoms with Gasteiger partial charge in [0.2, 0.25) is 0 Å². The highest BCUT2D eigenvalue weighted by Gasteiger charge is 2.49. The van der Waals surface area contributed by atoms with Gasteiger partial charge in [0, 0.05) is 10.0 Å². The number of amidine groups is 1. The number of benzene rings is 1. The monoisotopic (exact) mass is 401 g/mol. The molecule has 0 fully saturated rings. The van der Waals surface area contributed by atoms with Gasteiger partial charge in [-0.15, -0.1) is 11.6 Å². The minimum Gasteiger partial charge on any atom is -0.386 e. The molecule has 126 valence electrons. The van der Waals surface area contributed by atoms with E-state index >= 15 is 0 Å². The van der Waals surface area contributed by atoms with Crippen molar-refractivity contribution in [1.29, 1.82) is 0 Å². The normalized spacial score (nSPS) is 18.8. The first-order valence-electron chi connectivity index (χ1n) is 7.34. The summed E-state index contributed by atoms with van der Waals surface area (Å²) < 4.78 is 0.777. The molecule has 23 heavy (non-hydrogen) atoms. The highest BCUT2D eigenvalue weighted by atomic mass is 79.9. The molecule has 0 bridgehead atoms. The van der Waals surface area contributed by atoms with Gasteiger partial charge in [-0.3, -0.25) is 10.1 Å². The van der Waals surface area contributed by atoms with Crippen molar-refractivity contribution < 1.29 is 4.92 Å². The summed E-state index contributed by atoms with van der Waals surface area (Å²) in [6, 6.07) is 0. The van der Waals surface area contributed by atoms with Crippen LogP contribution in [-0.2, 0) is 10.8 Å². The van der Waals surface area contributed by atoms with Gasteiger partial charge in [-0.1, -0.05) is 27.7 Å². The molecule has 0 spiro atoms. The lowest BCUT2D eigenvalue weighted by atomic mass is 9.81. The molecule has 5 nitrogen and oxygen atoms in total. The molecule has 0 heterocycles. The molecule has 1 aliphatic carbocycles. The Hall–Kier alpha value is -1.14. The van der Waals surface area contributed by atoms with Crippen LogP contribution in [0.3, 0.4) is 0 Å². The maximum atomic E-state index is 11.8. The molecule has 1 aliphatic rings. The molecule has 0 saturated carbocycles. The fourth-order valence-electron chi connectivity index (χ4n) is 3.92. The Labute approximate surface area is 149 Å². The molecule has 2 N–H and O–H groups in total. The van der Waals surface area contributed by atoms with E-state index in [1.165, 1.54) is 0 Å². The summed E-state index contributed by atoms with van der Waals surface area (Å²) >= 11 is 9.35. The van der Waals surface area contributed by atoms with E-state index in [4.69, 9.17) is 17.3 Å². The lowest BCUT2D eigenvalue weighted by Gasteiger charge is -2.22. The van der Waals surface area contributed by atoms with Gasteiger partial charge in [0.15, 0.2) is 0 Å². The molecule has 0 radical (unpaired) electrons. The van der Waals surface area contributed by atoms with Gasteiger partial charge in [-0.05, 0) is 45.7 Å². The van der Waals surface area contributed by atoms with Crippen LogP contribution in [0.4, 0.5) is 11.4 Å². The summed E-state index contributed by atoms with van der Waals surface area (Å²) in [6.45, 7) is 10.0. The Bertz CT molecular complexity index is 727. The summed E-state index contributed by atoms with van der Waals surface area (Å²) in [5.41, 5.74) is 8.17. The Balaban J connectivity index is 2.99. The van der Waals surface area contributed by atoms with E-state index in [2.05, 4.69) is 48.6 Å². The summed E-state index contributed by atoms with van der Waals surface area (Å²) in [7, 11) is 0. The van der Waals surface area contributed by atoms with E-state index in [-0.39, 0.29) is 33.2 Å². The third kappa shape index (κ3) is 2.87. The number of hydrogen-bond acceptors (Lipinski definition) is 3. The van der Waals surface area contributed by atoms with Crippen molar-refractivity contribution in [3.05, 3.63) is 31.3 Å². The third-order valence-electron chi connectivity index (χ3n) is 4.44. The molecule has 0 aromatic heterocycles. The molecule has 2 rings (SSSR count). The van der Waals surface area contributed by atoms with Gasteiger partial charge in [0.05, 0.1) is 22.1 Å². The number of hydrogen-bond donors (Lipinski definition) is 1. The maximum absolute atomic E-state index is 11.8. The van der Waals surface area contributed by atoms with Crippen molar-refractivity contribution in [2.24, 2.45) is 10.7 Å². The summed E-state index contributed by atoms with van der Waals surface area (Å²) in [6.07, 6.45) is 0.826. The number of fused-ring (bicyclic) bond motifs is 1. The van der Waals surface area contributed by atoms with Crippen molar-refractivity contribution in [3.63, 3.8) is 0 Å². The Morgan fingerprint density at radius 1 is 1.35 bits per heavy atom. The zero-order valence-corrected chi connectivity index (χ0v) is 16.3. The molecular weight excluding hydrogens is 382 g/mol. The first kappa shape index (κ1) is 18.2. The quantitative estimate of drug-likeness (QED) is 0.258. The topological polar surface area (TPSA) is 81.5 Å². The average Bonchev–Trinajstić information content (AvgIpc) is 2.59. The molecule has 1 aromatic rings. The first-order valence-corrected chi connectivity index (χ1v) is 8.67. The SMILES string of the molecule is Cc1c(N=C(N)CCl)c(Br)c2c(c1[N+](=O)[O-])C(C)(C)CC2(C)C. The highest BCUT2D eigenvalue weighted by Crippen LogP contribution is 2.58. The minimum absolute atomic E-state index is 0.0750. The minimum atomic E-state index is -0.306. The maximum Gasteiger partial charge on any atom is 0.278 e. The van der Waals surface area contributed by atoms with Crippen LogP contribution < -0.4 is 5.73 Å². The van der Waals surface area contributed by atoms with Crippen molar-refractivity contribution >= 4 is 44.7 Å². The fourth-order valence-corrected chi connectivity index (χ4v) is 5.10. The largest absolute Gasteiger partial charge is 0.386 e. The van der Waals surface area contributed by atoms with Crippen LogP contribution in [0, 0.1) is 17.0 Å². The third-order valence-corrected chi connectivity index (χ3v) is 5.48. The zero-order valence-electron chi connectivity index (χ0n) is 14.0. The van der Waals surface area contributed by atoms with E-state index in [0.29, 0.717) is 11.3 Å². The van der Waals surface area contributed by atoms with Gasteiger partial charge < -0.3 is 5.73 Å². The second-order valence-corrected chi connectivity index (χ2v) is 8.38. The fraction of sp³-hybridized carbons (Fsp3) is 0.562. The Morgan fingerprint density at radius 2 is 1.87 bits per heavy atom. The van der Waals surface area contributed by atoms with Crippen LogP contribution in [0.5, 0.6) is 0 Å². The van der Waals surface area contributed by atoms with Gasteiger partial charge in [-0.2, -0.15) is 0 Å². The molecular formula is C16H21BrClN3O2. The van der Waals surface area contributed by atoms with E-state index < -0.39 is 0 Å². The number of nitrogens with two attached hydrogens (primary N) is 1. The predicted molar refractivity (Wildman–Crippen MR) is 98.2 cm³/mol. The summed E-state index contributed by atoms with van der Waals surface area (Å²) in [5, 5.41) is 11.8. The zero-order chi connectivity index (χ0) is 17.7. The van der Waals surface area contributed by atoms with Crippen LogP contribution in [-0.4, -0.2) is 16.6 Å². The summed E-state index contributed by atoms with van der Waals surface area (Å²) in [4.78, 5) is 15.8. The Morgan fingerprint density at radius 3 is 2.35 bits per heavy atom. The average molecular weight is 403 g/mol. The summed E-state index contributed by atoms with van der Waals surface area (Å²) in [5.74, 6) is 0.311. The highest BCUT2D eigenvalue weighted by molar-refractivity contribution is 9.10. The van der Waals surface area contributed by atoms with Crippen LogP contribution in [0.25, 0.3) is 0 Å². The van der Waals surface area contributed by atoms with E-state index in [9.17, 15) is 10.1 Å². The van der Waals surface area contributed by atoms with Crippen LogP contribution in [0.2, 0.25) is 0 Å². The van der Waals surface area contributed by atoms with Crippen LogP contribution in [0.15, 0.2) is 9.47 Å². The molecule has 0 unspecified atom stereocenters. The predicted octanol–water partition coefficient (Wildman–Crippen LogP) is 4.85. The number of nitro groups is 1. The number of rotatable bonds is 3. The molecule has 0 atom stereocenters. The standard InChI is InChI=1S/C16H21BrClN3O2/c1-8-13(20-9(19)6-18)12(17)10-11(14(8)21(22)23)16(4,5)7-15(10,2)3/h6-7H2,1-5H3,(H2,19,20). The molecule has 7 heteroatoms. The number of aliphatic imine (C=N–C) groups is 1. The number of nitrogens with zero attached hydrogens (tertiary/aromatic N) is 2. The van der Waals surface area contributed by atoms with Crippen molar-refractivity contribution in [2.75, 3.05) is 5.88 Å². The number of halogens is 2. The van der Waals surface area contributed by atoms with Crippen molar-refractivity contribution in [3.8, 4) is 0 Å². The van der Waals surface area contributed by atoms with E-state index in [1.807, 2.05) is 0 Å². The second kappa shape index (κ2) is 5.74. The van der Waals surface area contributed by atoms with E-state index in [0.717, 1.165) is 22.0 Å². The van der Waals surface area contributed by atoms with Crippen molar-refractivity contribution in [1.82, 2.24) is 0 Å². The lowest BCUT2D eigenvalue weighted by Crippen LogP contribution is -2.18. The van der Waals surface area contributed by atoms with Gasteiger partial charge in [-0.25, -0.2) is 4.99 Å². The first-order chi connectivity index (χ1) is 10.4. The van der Waals surface area contributed by atoms with Crippen molar-refractivity contribution in [2.45, 2.75) is 51.9 Å². The van der Waals surface area contributed by atoms with Crippen LogP contribution in [0.1, 0.15) is 50.8 Å². The molecule has 1 aromatic carbocycles. The lowest BCUT2D eigenvalue weighted by molar-refractivity contribution is -0.386.